The van der Waals surface area contributed by atoms with E-state index in [4.69, 9.17) is 39.5 Å². The molecule has 1 aliphatic carbocycles. The van der Waals surface area contributed by atoms with Gasteiger partial charge in [0.15, 0.2) is 6.61 Å². The molecule has 1 atom stereocenters. The molecule has 1 fully saturated rings. The first kappa shape index (κ1) is 26.7. The van der Waals surface area contributed by atoms with E-state index in [0.29, 0.717) is 27.2 Å². The predicted octanol–water partition coefficient (Wildman–Crippen LogP) is 6.51. The number of hydrogen-bond donors (Lipinski definition) is 1. The number of nitrogens with one attached hydrogen (secondary N) is 1. The van der Waals surface area contributed by atoms with Gasteiger partial charge in [0.2, 0.25) is 5.91 Å². The van der Waals surface area contributed by atoms with Crippen LogP contribution in [-0.2, 0) is 16.1 Å². The highest BCUT2D eigenvalue weighted by atomic mass is 35.5. The number of rotatable bonds is 9. The Morgan fingerprint density at radius 2 is 1.71 bits per heavy atom. The lowest BCUT2D eigenvalue weighted by molar-refractivity contribution is -0.143. The van der Waals surface area contributed by atoms with Crippen LogP contribution in [0.4, 0.5) is 0 Å². The highest BCUT2D eigenvalue weighted by Gasteiger charge is 2.31. The summed E-state index contributed by atoms with van der Waals surface area (Å²) in [5.41, 5.74) is 2.53. The van der Waals surface area contributed by atoms with Gasteiger partial charge in [0.25, 0.3) is 5.91 Å². The van der Waals surface area contributed by atoms with E-state index >= 15 is 0 Å². The Morgan fingerprint density at radius 1 is 1.06 bits per heavy atom. The Kier molecular flexibility index (Phi) is 9.52. The third kappa shape index (κ3) is 6.80. The molecule has 1 unspecified atom stereocenters. The standard InChI is InChI=1S/C26H31Cl3N2O3/c1-4-23(26(33)30-19-7-5-6-8-19)31(14-18-9-10-21(27)22(28)13-18)24(32)15-34-20-11-16(2)25(29)17(3)12-20/h9-13,19,23H,4-8,14-15H2,1-3H3,(H,30,33). The van der Waals surface area contributed by atoms with E-state index in [9.17, 15) is 9.59 Å². The maximum absolute atomic E-state index is 13.4. The fourth-order valence-electron chi connectivity index (χ4n) is 4.34. The Bertz CT molecular complexity index is 1010. The van der Waals surface area contributed by atoms with Gasteiger partial charge in [-0.15, -0.1) is 0 Å². The second-order valence-electron chi connectivity index (χ2n) is 8.84. The van der Waals surface area contributed by atoms with Gasteiger partial charge in [-0.1, -0.05) is 60.6 Å². The van der Waals surface area contributed by atoms with Crippen LogP contribution in [0.25, 0.3) is 0 Å². The van der Waals surface area contributed by atoms with Crippen molar-refractivity contribution in [3.63, 3.8) is 0 Å². The van der Waals surface area contributed by atoms with Crippen LogP contribution in [0.1, 0.15) is 55.7 Å². The van der Waals surface area contributed by atoms with Crippen LogP contribution in [-0.4, -0.2) is 35.4 Å². The molecule has 3 rings (SSSR count). The number of benzene rings is 2. The van der Waals surface area contributed by atoms with Crippen LogP contribution in [0.2, 0.25) is 15.1 Å². The van der Waals surface area contributed by atoms with Crippen molar-refractivity contribution in [2.24, 2.45) is 0 Å². The largest absolute Gasteiger partial charge is 0.484 e. The molecule has 1 aliphatic rings. The maximum atomic E-state index is 13.4. The van der Waals surface area contributed by atoms with Crippen LogP contribution in [0.3, 0.4) is 0 Å². The minimum atomic E-state index is -0.625. The molecule has 0 aliphatic heterocycles. The van der Waals surface area contributed by atoms with Crippen molar-refractivity contribution >= 4 is 46.6 Å². The van der Waals surface area contributed by atoms with E-state index in [1.807, 2.05) is 26.8 Å². The number of hydrogen-bond acceptors (Lipinski definition) is 3. The Labute approximate surface area is 216 Å². The summed E-state index contributed by atoms with van der Waals surface area (Å²) in [6.07, 6.45) is 4.65. The van der Waals surface area contributed by atoms with Crippen molar-refractivity contribution in [3.8, 4) is 5.75 Å². The maximum Gasteiger partial charge on any atom is 0.261 e. The number of carbonyl (C=O) groups is 2. The summed E-state index contributed by atoms with van der Waals surface area (Å²) in [5.74, 6) is 0.136. The second kappa shape index (κ2) is 12.1. The van der Waals surface area contributed by atoms with E-state index in [2.05, 4.69) is 5.32 Å². The molecule has 8 heteroatoms. The molecule has 0 aromatic heterocycles. The van der Waals surface area contributed by atoms with Gasteiger partial charge in [0, 0.05) is 17.6 Å². The SMILES string of the molecule is CCC(C(=O)NC1CCCC1)N(Cc1ccc(Cl)c(Cl)c1)C(=O)COc1cc(C)c(Cl)c(C)c1. The molecule has 0 heterocycles. The van der Waals surface area contributed by atoms with Crippen LogP contribution in [0.15, 0.2) is 30.3 Å². The summed E-state index contributed by atoms with van der Waals surface area (Å²) in [6, 6.07) is 8.37. The molecule has 184 valence electrons. The van der Waals surface area contributed by atoms with Gasteiger partial charge < -0.3 is 15.0 Å². The lowest BCUT2D eigenvalue weighted by Gasteiger charge is -2.31. The van der Waals surface area contributed by atoms with Crippen molar-refractivity contribution in [1.29, 1.82) is 0 Å². The number of aryl methyl sites for hydroxylation is 2. The predicted molar refractivity (Wildman–Crippen MR) is 138 cm³/mol. The van der Waals surface area contributed by atoms with Gasteiger partial charge in [-0.05, 0) is 74.1 Å². The first-order valence-corrected chi connectivity index (χ1v) is 12.8. The van der Waals surface area contributed by atoms with E-state index < -0.39 is 6.04 Å². The molecule has 0 radical (unpaired) electrons. The van der Waals surface area contributed by atoms with Crippen LogP contribution < -0.4 is 10.1 Å². The Hall–Kier alpha value is -1.95. The minimum absolute atomic E-state index is 0.138. The number of carbonyl (C=O) groups excluding carboxylic acids is 2. The molecule has 2 aromatic carbocycles. The fraction of sp³-hybridized carbons (Fsp3) is 0.462. The highest BCUT2D eigenvalue weighted by Crippen LogP contribution is 2.27. The van der Waals surface area contributed by atoms with Crippen LogP contribution in [0.5, 0.6) is 5.75 Å². The van der Waals surface area contributed by atoms with Gasteiger partial charge in [0.1, 0.15) is 11.8 Å². The molecule has 1 N–H and O–H groups in total. The molecule has 2 aromatic rings. The number of amides is 2. The first-order valence-electron chi connectivity index (χ1n) is 11.6. The monoisotopic (exact) mass is 524 g/mol. The summed E-state index contributed by atoms with van der Waals surface area (Å²) in [4.78, 5) is 28.1. The molecule has 2 amide bonds. The zero-order valence-corrected chi connectivity index (χ0v) is 22.1. The minimum Gasteiger partial charge on any atom is -0.484 e. The Morgan fingerprint density at radius 3 is 2.29 bits per heavy atom. The molecular weight excluding hydrogens is 495 g/mol. The van der Waals surface area contributed by atoms with Crippen molar-refractivity contribution in [3.05, 3.63) is 62.1 Å². The van der Waals surface area contributed by atoms with Crippen molar-refractivity contribution < 1.29 is 14.3 Å². The summed E-state index contributed by atoms with van der Waals surface area (Å²) in [6.45, 7) is 5.70. The van der Waals surface area contributed by atoms with Gasteiger partial charge in [0.05, 0.1) is 10.0 Å². The lowest BCUT2D eigenvalue weighted by atomic mass is 10.1. The molecular formula is C26H31Cl3N2O3. The molecule has 1 saturated carbocycles. The molecule has 5 nitrogen and oxygen atoms in total. The molecule has 34 heavy (non-hydrogen) atoms. The topological polar surface area (TPSA) is 58.6 Å². The summed E-state index contributed by atoms with van der Waals surface area (Å²) in [7, 11) is 0. The summed E-state index contributed by atoms with van der Waals surface area (Å²) in [5, 5.41) is 4.64. The number of ether oxygens (including phenoxy) is 1. The van der Waals surface area contributed by atoms with Gasteiger partial charge in [-0.25, -0.2) is 0 Å². The number of nitrogens with zero attached hydrogens (tertiary/aromatic N) is 1. The van der Waals surface area contributed by atoms with Crippen molar-refractivity contribution in [1.82, 2.24) is 10.2 Å². The third-order valence-electron chi connectivity index (χ3n) is 6.20. The average Bonchev–Trinajstić information content (AvgIpc) is 3.31. The second-order valence-corrected chi connectivity index (χ2v) is 10.0. The smallest absolute Gasteiger partial charge is 0.261 e. The van der Waals surface area contributed by atoms with E-state index in [-0.39, 0.29) is 31.0 Å². The lowest BCUT2D eigenvalue weighted by Crippen LogP contribution is -2.52. The van der Waals surface area contributed by atoms with E-state index in [1.165, 1.54) is 0 Å². The van der Waals surface area contributed by atoms with E-state index in [1.54, 1.807) is 29.2 Å². The average molecular weight is 526 g/mol. The molecule has 0 spiro atoms. The zero-order valence-electron chi connectivity index (χ0n) is 19.8. The zero-order chi connectivity index (χ0) is 24.8. The molecule has 0 bridgehead atoms. The quantitative estimate of drug-likeness (QED) is 0.406. The third-order valence-corrected chi connectivity index (χ3v) is 7.53. The van der Waals surface area contributed by atoms with Crippen LogP contribution in [0, 0.1) is 13.8 Å². The van der Waals surface area contributed by atoms with Gasteiger partial charge in [-0.3, -0.25) is 9.59 Å². The van der Waals surface area contributed by atoms with Crippen LogP contribution >= 0.6 is 34.8 Å². The number of halogens is 3. The van der Waals surface area contributed by atoms with Gasteiger partial charge >= 0.3 is 0 Å². The fourth-order valence-corrected chi connectivity index (χ4v) is 4.77. The van der Waals surface area contributed by atoms with Crippen molar-refractivity contribution in [2.45, 2.75) is 71.5 Å². The normalized spacial score (nSPS) is 14.6. The first-order chi connectivity index (χ1) is 16.2. The van der Waals surface area contributed by atoms with E-state index in [0.717, 1.165) is 42.4 Å². The molecule has 0 saturated heterocycles. The summed E-state index contributed by atoms with van der Waals surface area (Å²) < 4.78 is 5.83. The Balaban J connectivity index is 1.80. The highest BCUT2D eigenvalue weighted by molar-refractivity contribution is 6.42. The van der Waals surface area contributed by atoms with Gasteiger partial charge in [-0.2, -0.15) is 0 Å². The summed E-state index contributed by atoms with van der Waals surface area (Å²) >= 11 is 18.5. The van der Waals surface area contributed by atoms with Crippen molar-refractivity contribution in [2.75, 3.05) is 6.61 Å².